The topological polar surface area (TPSA) is 24.8 Å². The van der Waals surface area contributed by atoms with E-state index >= 15 is 0 Å². The third-order valence-corrected chi connectivity index (χ3v) is 5.57. The van der Waals surface area contributed by atoms with Gasteiger partial charge in [-0.25, -0.2) is 0 Å². The average molecular weight is 371 g/mol. The molecule has 1 aliphatic rings. The van der Waals surface area contributed by atoms with E-state index in [1.807, 2.05) is 30.5 Å². The summed E-state index contributed by atoms with van der Waals surface area (Å²) >= 11 is 6.22. The van der Waals surface area contributed by atoms with Crippen molar-refractivity contribution < 1.29 is 4.74 Å². The van der Waals surface area contributed by atoms with Crippen LogP contribution in [0.25, 0.3) is 0 Å². The Kier molecular flexibility index (Phi) is 5.29. The standard InChI is InChI=1S/C22H27ClN2O/c1-6-25-20-12-21(26-5)16(11-17(20)15(2)13-22(25,3)4)14-24-19-10-8-7-9-18(19)23/h7-12,14-15H,6,13H2,1-5H3. The minimum absolute atomic E-state index is 0.138. The molecular weight excluding hydrogens is 344 g/mol. The van der Waals surface area contributed by atoms with Crippen molar-refractivity contribution in [2.75, 3.05) is 18.6 Å². The molecule has 1 aliphatic heterocycles. The van der Waals surface area contributed by atoms with Crippen LogP contribution in [0.4, 0.5) is 11.4 Å². The van der Waals surface area contributed by atoms with Crippen molar-refractivity contribution >= 4 is 29.2 Å². The third-order valence-electron chi connectivity index (χ3n) is 5.25. The van der Waals surface area contributed by atoms with E-state index in [-0.39, 0.29) is 5.54 Å². The van der Waals surface area contributed by atoms with Crippen LogP contribution in [0.1, 0.15) is 51.2 Å². The second-order valence-corrected chi connectivity index (χ2v) is 7.93. The van der Waals surface area contributed by atoms with Crippen LogP contribution in [0, 0.1) is 0 Å². The lowest BCUT2D eigenvalue weighted by molar-refractivity contribution is 0.377. The molecule has 0 spiro atoms. The molecule has 1 atom stereocenters. The third kappa shape index (κ3) is 3.45. The summed E-state index contributed by atoms with van der Waals surface area (Å²) in [7, 11) is 1.71. The van der Waals surface area contributed by atoms with Crippen LogP contribution in [0.15, 0.2) is 41.4 Å². The lowest BCUT2D eigenvalue weighted by Crippen LogP contribution is -2.48. The monoisotopic (exact) mass is 370 g/mol. The van der Waals surface area contributed by atoms with Crippen molar-refractivity contribution in [3.8, 4) is 5.75 Å². The van der Waals surface area contributed by atoms with Crippen molar-refractivity contribution in [2.45, 2.75) is 45.6 Å². The summed E-state index contributed by atoms with van der Waals surface area (Å²) in [6.45, 7) is 10.1. The molecular formula is C22H27ClN2O. The maximum atomic E-state index is 6.22. The number of benzene rings is 2. The first-order valence-electron chi connectivity index (χ1n) is 9.15. The maximum Gasteiger partial charge on any atom is 0.129 e. The number of hydrogen-bond acceptors (Lipinski definition) is 3. The molecule has 0 aromatic heterocycles. The molecule has 0 radical (unpaired) electrons. The van der Waals surface area contributed by atoms with Gasteiger partial charge in [-0.15, -0.1) is 0 Å². The molecule has 1 heterocycles. The molecule has 3 rings (SSSR count). The van der Waals surface area contributed by atoms with Gasteiger partial charge in [0, 0.05) is 35.6 Å². The highest BCUT2D eigenvalue weighted by molar-refractivity contribution is 6.33. The molecule has 0 saturated carbocycles. The molecule has 0 N–H and O–H groups in total. The number of halogens is 1. The normalized spacial score (nSPS) is 18.8. The van der Waals surface area contributed by atoms with E-state index < -0.39 is 0 Å². The van der Waals surface area contributed by atoms with Crippen molar-refractivity contribution in [1.82, 2.24) is 0 Å². The fourth-order valence-corrected chi connectivity index (χ4v) is 4.28. The summed E-state index contributed by atoms with van der Waals surface area (Å²) in [6.07, 6.45) is 2.98. The summed E-state index contributed by atoms with van der Waals surface area (Å²) < 4.78 is 5.68. The van der Waals surface area contributed by atoms with Crippen molar-refractivity contribution in [2.24, 2.45) is 4.99 Å². The Labute approximate surface area is 161 Å². The second kappa shape index (κ2) is 7.32. The minimum atomic E-state index is 0.138. The number of aliphatic imine (C=N–C) groups is 1. The fourth-order valence-electron chi connectivity index (χ4n) is 4.10. The van der Waals surface area contributed by atoms with E-state index in [1.54, 1.807) is 7.11 Å². The predicted octanol–water partition coefficient (Wildman–Crippen LogP) is 6.21. The van der Waals surface area contributed by atoms with Gasteiger partial charge < -0.3 is 9.64 Å². The first-order valence-corrected chi connectivity index (χ1v) is 9.53. The number of nitrogens with zero attached hydrogens (tertiary/aromatic N) is 2. The number of rotatable bonds is 4. The molecule has 1 unspecified atom stereocenters. The van der Waals surface area contributed by atoms with Crippen LogP contribution < -0.4 is 9.64 Å². The summed E-state index contributed by atoms with van der Waals surface area (Å²) in [5.74, 6) is 1.32. The molecule has 26 heavy (non-hydrogen) atoms. The van der Waals surface area contributed by atoms with Gasteiger partial charge in [-0.3, -0.25) is 4.99 Å². The van der Waals surface area contributed by atoms with Crippen LogP contribution >= 0.6 is 11.6 Å². The fraction of sp³-hybridized carbons (Fsp3) is 0.409. The van der Waals surface area contributed by atoms with E-state index in [0.717, 1.165) is 30.0 Å². The molecule has 3 nitrogen and oxygen atoms in total. The Morgan fingerprint density at radius 1 is 1.31 bits per heavy atom. The van der Waals surface area contributed by atoms with Crippen LogP contribution in [0.3, 0.4) is 0 Å². The molecule has 0 fully saturated rings. The highest BCUT2D eigenvalue weighted by atomic mass is 35.5. The van der Waals surface area contributed by atoms with Gasteiger partial charge in [-0.05, 0) is 56.9 Å². The smallest absolute Gasteiger partial charge is 0.129 e. The van der Waals surface area contributed by atoms with Gasteiger partial charge in [0.25, 0.3) is 0 Å². The molecule has 0 bridgehead atoms. The quantitative estimate of drug-likeness (QED) is 0.597. The zero-order chi connectivity index (χ0) is 18.9. The molecule has 4 heteroatoms. The molecule has 0 amide bonds. The predicted molar refractivity (Wildman–Crippen MR) is 112 cm³/mol. The van der Waals surface area contributed by atoms with Crippen LogP contribution in [-0.2, 0) is 0 Å². The number of anilines is 1. The first-order chi connectivity index (χ1) is 12.4. The van der Waals surface area contributed by atoms with Gasteiger partial charge in [-0.2, -0.15) is 0 Å². The van der Waals surface area contributed by atoms with Gasteiger partial charge in [-0.1, -0.05) is 30.7 Å². The average Bonchev–Trinajstić information content (AvgIpc) is 2.60. The second-order valence-electron chi connectivity index (χ2n) is 7.52. The maximum absolute atomic E-state index is 6.22. The molecule has 0 aliphatic carbocycles. The van der Waals surface area contributed by atoms with E-state index in [2.05, 4.69) is 49.7 Å². The Balaban J connectivity index is 2.06. The summed E-state index contributed by atoms with van der Waals surface area (Å²) in [5, 5.41) is 0.646. The van der Waals surface area contributed by atoms with Gasteiger partial charge >= 0.3 is 0 Å². The number of fused-ring (bicyclic) bond motifs is 1. The van der Waals surface area contributed by atoms with E-state index in [4.69, 9.17) is 16.3 Å². The van der Waals surface area contributed by atoms with E-state index in [1.165, 1.54) is 11.3 Å². The molecule has 2 aromatic rings. The number of methoxy groups -OCH3 is 1. The number of para-hydroxylation sites is 1. The van der Waals surface area contributed by atoms with Gasteiger partial charge in [0.05, 0.1) is 17.8 Å². The van der Waals surface area contributed by atoms with Crippen molar-refractivity contribution in [1.29, 1.82) is 0 Å². The first kappa shape index (κ1) is 18.8. The van der Waals surface area contributed by atoms with Gasteiger partial charge in [0.15, 0.2) is 0 Å². The largest absolute Gasteiger partial charge is 0.496 e. The number of ether oxygens (including phenoxy) is 1. The van der Waals surface area contributed by atoms with E-state index in [0.29, 0.717) is 10.9 Å². The molecule has 2 aromatic carbocycles. The highest BCUT2D eigenvalue weighted by Crippen LogP contribution is 2.45. The van der Waals surface area contributed by atoms with E-state index in [9.17, 15) is 0 Å². The Morgan fingerprint density at radius 3 is 2.69 bits per heavy atom. The minimum Gasteiger partial charge on any atom is -0.496 e. The highest BCUT2D eigenvalue weighted by Gasteiger charge is 2.36. The summed E-state index contributed by atoms with van der Waals surface area (Å²) in [4.78, 5) is 7.05. The number of hydrogen-bond donors (Lipinski definition) is 0. The van der Waals surface area contributed by atoms with Crippen LogP contribution in [0.2, 0.25) is 5.02 Å². The zero-order valence-corrected chi connectivity index (χ0v) is 17.0. The molecule has 138 valence electrons. The summed E-state index contributed by atoms with van der Waals surface area (Å²) in [6, 6.07) is 12.0. The van der Waals surface area contributed by atoms with Crippen LogP contribution in [0.5, 0.6) is 5.75 Å². The lowest BCUT2D eigenvalue weighted by atomic mass is 9.79. The van der Waals surface area contributed by atoms with Crippen molar-refractivity contribution in [3.63, 3.8) is 0 Å². The summed E-state index contributed by atoms with van der Waals surface area (Å²) in [5.41, 5.74) is 4.50. The van der Waals surface area contributed by atoms with Gasteiger partial charge in [0.1, 0.15) is 5.75 Å². The zero-order valence-electron chi connectivity index (χ0n) is 16.2. The Morgan fingerprint density at radius 2 is 2.04 bits per heavy atom. The molecule has 0 saturated heterocycles. The van der Waals surface area contributed by atoms with Gasteiger partial charge in [0.2, 0.25) is 0 Å². The van der Waals surface area contributed by atoms with Crippen molar-refractivity contribution in [3.05, 3.63) is 52.5 Å². The SMILES string of the molecule is CCN1c2cc(OC)c(C=Nc3ccccc3Cl)cc2C(C)CC1(C)C. The Bertz CT molecular complexity index is 829. The lowest BCUT2D eigenvalue weighted by Gasteiger charge is -2.47. The Hall–Kier alpha value is -2.00. The van der Waals surface area contributed by atoms with Crippen LogP contribution in [-0.4, -0.2) is 25.4 Å².